The van der Waals surface area contributed by atoms with Gasteiger partial charge in [0.05, 0.1) is 5.75 Å². The van der Waals surface area contributed by atoms with Crippen molar-refractivity contribution in [2.24, 2.45) is 0 Å². The van der Waals surface area contributed by atoms with Crippen LogP contribution in [0.5, 0.6) is 0 Å². The van der Waals surface area contributed by atoms with Crippen LogP contribution in [0.15, 0.2) is 0 Å². The van der Waals surface area contributed by atoms with Gasteiger partial charge >= 0.3 is 6.18 Å². The van der Waals surface area contributed by atoms with Crippen LogP contribution in [-0.2, 0) is 14.6 Å². The van der Waals surface area contributed by atoms with Crippen molar-refractivity contribution >= 4 is 31.7 Å². The molecule has 4 nitrogen and oxygen atoms in total. The summed E-state index contributed by atoms with van der Waals surface area (Å²) < 4.78 is 60.7. The highest BCUT2D eigenvalue weighted by molar-refractivity contribution is 9.09. The van der Waals surface area contributed by atoms with E-state index in [2.05, 4.69) is 15.9 Å². The SMILES string of the molecule is O=C(C1CCCCS1(=O)=O)N(CCBr)CC(F)(F)F. The highest BCUT2D eigenvalue weighted by Crippen LogP contribution is 2.24. The van der Waals surface area contributed by atoms with Crippen molar-refractivity contribution < 1.29 is 26.4 Å². The summed E-state index contributed by atoms with van der Waals surface area (Å²) >= 11 is 2.97. The molecule has 1 saturated heterocycles. The van der Waals surface area contributed by atoms with E-state index in [1.807, 2.05) is 0 Å². The molecule has 112 valence electrons. The molecule has 0 aromatic carbocycles. The Balaban J connectivity index is 2.86. The zero-order valence-corrected chi connectivity index (χ0v) is 12.5. The van der Waals surface area contributed by atoms with Crippen LogP contribution in [0.1, 0.15) is 19.3 Å². The Morgan fingerprint density at radius 2 is 1.95 bits per heavy atom. The normalized spacial score (nSPS) is 23.1. The van der Waals surface area contributed by atoms with Crippen LogP contribution >= 0.6 is 15.9 Å². The van der Waals surface area contributed by atoms with Crippen molar-refractivity contribution in [3.63, 3.8) is 0 Å². The van der Waals surface area contributed by atoms with E-state index in [-0.39, 0.29) is 24.0 Å². The van der Waals surface area contributed by atoms with Crippen LogP contribution in [0.2, 0.25) is 0 Å². The second kappa shape index (κ2) is 6.43. The molecule has 1 amide bonds. The van der Waals surface area contributed by atoms with Gasteiger partial charge in [-0.2, -0.15) is 13.2 Å². The first-order valence-corrected chi connectivity index (χ1v) is 8.64. The Morgan fingerprint density at radius 3 is 2.42 bits per heavy atom. The predicted octanol–water partition coefficient (Wildman–Crippen LogP) is 1.74. The summed E-state index contributed by atoms with van der Waals surface area (Å²) in [6, 6.07) is 0. The summed E-state index contributed by atoms with van der Waals surface area (Å²) in [7, 11) is -3.62. The number of hydrogen-bond donors (Lipinski definition) is 0. The molecule has 0 aromatic rings. The molecule has 0 aliphatic carbocycles. The molecule has 19 heavy (non-hydrogen) atoms. The number of nitrogens with zero attached hydrogens (tertiary/aromatic N) is 1. The van der Waals surface area contributed by atoms with Gasteiger partial charge in [-0.05, 0) is 12.8 Å². The number of rotatable bonds is 4. The molecule has 0 saturated carbocycles. The second-order valence-corrected chi connectivity index (χ2v) is 7.51. The summed E-state index contributed by atoms with van der Waals surface area (Å²) in [4.78, 5) is 12.6. The fraction of sp³-hybridized carbons (Fsp3) is 0.900. The Labute approximate surface area is 118 Å². The van der Waals surface area contributed by atoms with Crippen LogP contribution in [0.25, 0.3) is 0 Å². The Bertz CT molecular complexity index is 424. The third-order valence-electron chi connectivity index (χ3n) is 2.89. The topological polar surface area (TPSA) is 54.5 Å². The van der Waals surface area contributed by atoms with E-state index in [0.29, 0.717) is 17.7 Å². The number of halogens is 4. The molecule has 1 unspecified atom stereocenters. The zero-order chi connectivity index (χ0) is 14.7. The highest BCUT2D eigenvalue weighted by Gasteiger charge is 2.40. The maximum atomic E-state index is 12.4. The largest absolute Gasteiger partial charge is 0.406 e. The van der Waals surface area contributed by atoms with Gasteiger partial charge in [0.2, 0.25) is 5.91 Å². The average molecular weight is 366 g/mol. The Hall–Kier alpha value is -0.310. The zero-order valence-electron chi connectivity index (χ0n) is 10.1. The van der Waals surface area contributed by atoms with Gasteiger partial charge in [0.15, 0.2) is 9.84 Å². The molecule has 9 heteroatoms. The quantitative estimate of drug-likeness (QED) is 0.713. The first-order valence-electron chi connectivity index (χ1n) is 5.80. The molecule has 0 bridgehead atoms. The van der Waals surface area contributed by atoms with E-state index in [9.17, 15) is 26.4 Å². The number of amides is 1. The monoisotopic (exact) mass is 365 g/mol. The number of carbonyl (C=O) groups excluding carboxylic acids is 1. The molecule has 1 aliphatic rings. The minimum absolute atomic E-state index is 0.109. The lowest BCUT2D eigenvalue weighted by Gasteiger charge is -2.29. The second-order valence-electron chi connectivity index (χ2n) is 4.42. The smallest absolute Gasteiger partial charge is 0.332 e. The third-order valence-corrected chi connectivity index (χ3v) is 5.41. The van der Waals surface area contributed by atoms with E-state index >= 15 is 0 Å². The Kier molecular flexibility index (Phi) is 5.66. The molecule has 1 fully saturated rings. The Morgan fingerprint density at radius 1 is 1.32 bits per heavy atom. The van der Waals surface area contributed by atoms with Crippen molar-refractivity contribution in [3.8, 4) is 0 Å². The van der Waals surface area contributed by atoms with E-state index in [4.69, 9.17) is 0 Å². The molecule has 0 spiro atoms. The van der Waals surface area contributed by atoms with Gasteiger partial charge in [0, 0.05) is 11.9 Å². The summed E-state index contributed by atoms with van der Waals surface area (Å²) in [5.41, 5.74) is 0. The molecule has 1 rings (SSSR count). The molecule has 0 aromatic heterocycles. The van der Waals surface area contributed by atoms with Gasteiger partial charge in [-0.3, -0.25) is 4.79 Å². The van der Waals surface area contributed by atoms with Gasteiger partial charge in [0.1, 0.15) is 11.8 Å². The summed E-state index contributed by atoms with van der Waals surface area (Å²) in [6.07, 6.45) is -3.41. The third kappa shape index (κ3) is 4.94. The first kappa shape index (κ1) is 16.7. The van der Waals surface area contributed by atoms with Gasteiger partial charge in [-0.15, -0.1) is 0 Å². The maximum absolute atomic E-state index is 12.4. The lowest BCUT2D eigenvalue weighted by molar-refractivity contribution is -0.160. The minimum Gasteiger partial charge on any atom is -0.332 e. The molecule has 1 heterocycles. The van der Waals surface area contributed by atoms with Gasteiger partial charge in [0.25, 0.3) is 0 Å². The van der Waals surface area contributed by atoms with Crippen LogP contribution in [0.3, 0.4) is 0 Å². The van der Waals surface area contributed by atoms with Crippen molar-refractivity contribution in [2.75, 3.05) is 24.2 Å². The van der Waals surface area contributed by atoms with Crippen LogP contribution in [0.4, 0.5) is 13.2 Å². The minimum atomic E-state index is -4.53. The van der Waals surface area contributed by atoms with Crippen LogP contribution in [-0.4, -0.2) is 54.8 Å². The number of alkyl halides is 4. The van der Waals surface area contributed by atoms with Crippen LogP contribution in [0, 0.1) is 0 Å². The first-order chi connectivity index (χ1) is 8.67. The average Bonchev–Trinajstić information content (AvgIpc) is 2.25. The fourth-order valence-corrected chi connectivity index (χ4v) is 4.32. The molecule has 1 aliphatic heterocycles. The van der Waals surface area contributed by atoms with E-state index in [1.54, 1.807) is 0 Å². The standard InChI is InChI=1S/C10H15BrF3NO3S/c11-4-5-15(7-10(12,13)14)9(16)8-3-1-2-6-19(8,17)18/h8H,1-7H2. The summed E-state index contributed by atoms with van der Waals surface area (Å²) in [5.74, 6) is -1.06. The van der Waals surface area contributed by atoms with E-state index < -0.39 is 33.7 Å². The molecular weight excluding hydrogens is 351 g/mol. The highest BCUT2D eigenvalue weighted by atomic mass is 79.9. The molecule has 0 N–H and O–H groups in total. The summed E-state index contributed by atoms with van der Waals surface area (Å²) in [5, 5.41) is -1.15. The fourth-order valence-electron chi connectivity index (χ4n) is 2.02. The van der Waals surface area contributed by atoms with Gasteiger partial charge in [-0.25, -0.2) is 8.42 Å². The molecular formula is C10H15BrF3NO3S. The van der Waals surface area contributed by atoms with Crippen molar-refractivity contribution in [1.29, 1.82) is 0 Å². The van der Waals surface area contributed by atoms with Gasteiger partial charge in [-0.1, -0.05) is 22.4 Å². The lowest BCUT2D eigenvalue weighted by atomic mass is 10.1. The number of carbonyl (C=O) groups is 1. The van der Waals surface area contributed by atoms with E-state index in [1.165, 1.54) is 0 Å². The van der Waals surface area contributed by atoms with E-state index in [0.717, 1.165) is 0 Å². The van der Waals surface area contributed by atoms with Crippen LogP contribution < -0.4 is 0 Å². The van der Waals surface area contributed by atoms with Crippen molar-refractivity contribution in [2.45, 2.75) is 30.7 Å². The lowest BCUT2D eigenvalue weighted by Crippen LogP contribution is -2.49. The predicted molar refractivity (Wildman–Crippen MR) is 67.9 cm³/mol. The number of hydrogen-bond acceptors (Lipinski definition) is 3. The molecule has 1 atom stereocenters. The van der Waals surface area contributed by atoms with Crippen molar-refractivity contribution in [3.05, 3.63) is 0 Å². The van der Waals surface area contributed by atoms with Gasteiger partial charge < -0.3 is 4.90 Å². The number of sulfone groups is 1. The van der Waals surface area contributed by atoms with Crippen molar-refractivity contribution in [1.82, 2.24) is 4.90 Å². The molecule has 0 radical (unpaired) electrons. The maximum Gasteiger partial charge on any atom is 0.406 e. The summed E-state index contributed by atoms with van der Waals surface area (Å²) in [6.45, 7) is -1.58.